The summed E-state index contributed by atoms with van der Waals surface area (Å²) in [7, 11) is 0. The summed E-state index contributed by atoms with van der Waals surface area (Å²) in [6.45, 7) is 3.77. The first-order chi connectivity index (χ1) is 12.5. The molecule has 2 N–H and O–H groups in total. The van der Waals surface area contributed by atoms with Crippen LogP contribution in [0.2, 0.25) is 10.0 Å². The lowest BCUT2D eigenvalue weighted by molar-refractivity contribution is -0.137. The molecule has 0 unspecified atom stereocenters. The molecular formula is C21H29Cl2NO2. The van der Waals surface area contributed by atoms with Gasteiger partial charge >= 0.3 is 5.97 Å². The van der Waals surface area contributed by atoms with E-state index in [0.29, 0.717) is 16.9 Å². The molecule has 2 rings (SSSR count). The lowest BCUT2D eigenvalue weighted by Gasteiger charge is -2.30. The molecule has 5 heteroatoms. The van der Waals surface area contributed by atoms with E-state index in [1.807, 2.05) is 13.0 Å². The average Bonchev–Trinajstić information content (AvgIpc) is 2.57. The fourth-order valence-electron chi connectivity index (χ4n) is 3.72. The fourth-order valence-corrected chi connectivity index (χ4v) is 4.39. The van der Waals surface area contributed by atoms with Crippen molar-refractivity contribution in [3.63, 3.8) is 0 Å². The maximum Gasteiger partial charge on any atom is 0.303 e. The number of aryl methyl sites for hydroxylation is 1. The first-order valence-electron chi connectivity index (χ1n) is 9.51. The first kappa shape index (κ1) is 21.3. The molecule has 1 saturated carbocycles. The van der Waals surface area contributed by atoms with Gasteiger partial charge in [0.2, 0.25) is 0 Å². The van der Waals surface area contributed by atoms with Gasteiger partial charge < -0.3 is 10.4 Å². The predicted molar refractivity (Wildman–Crippen MR) is 109 cm³/mol. The minimum Gasteiger partial charge on any atom is -0.481 e. The van der Waals surface area contributed by atoms with Crippen LogP contribution in [0.4, 0.5) is 0 Å². The topological polar surface area (TPSA) is 49.3 Å². The third kappa shape index (κ3) is 6.94. The molecule has 144 valence electrons. The van der Waals surface area contributed by atoms with Crippen LogP contribution in [-0.2, 0) is 11.3 Å². The summed E-state index contributed by atoms with van der Waals surface area (Å²) < 4.78 is 0. The molecule has 2 atom stereocenters. The van der Waals surface area contributed by atoms with Gasteiger partial charge in [-0.15, -0.1) is 0 Å². The molecule has 3 nitrogen and oxygen atoms in total. The van der Waals surface area contributed by atoms with E-state index < -0.39 is 5.97 Å². The second kappa shape index (κ2) is 11.0. The molecule has 1 aromatic carbocycles. The zero-order valence-corrected chi connectivity index (χ0v) is 17.0. The Morgan fingerprint density at radius 3 is 2.81 bits per heavy atom. The molecule has 0 amide bonds. The molecule has 0 saturated heterocycles. The minimum absolute atomic E-state index is 0.251. The number of carboxylic acids is 1. The highest BCUT2D eigenvalue weighted by atomic mass is 35.5. The van der Waals surface area contributed by atoms with Crippen molar-refractivity contribution in [2.24, 2.45) is 11.8 Å². The van der Waals surface area contributed by atoms with Gasteiger partial charge in [-0.05, 0) is 74.2 Å². The van der Waals surface area contributed by atoms with Crippen molar-refractivity contribution in [1.29, 1.82) is 0 Å². The van der Waals surface area contributed by atoms with Crippen LogP contribution >= 0.6 is 23.2 Å². The zero-order valence-electron chi connectivity index (χ0n) is 15.4. The van der Waals surface area contributed by atoms with Crippen LogP contribution in [0.25, 0.3) is 0 Å². The van der Waals surface area contributed by atoms with Crippen molar-refractivity contribution < 1.29 is 9.90 Å². The van der Waals surface area contributed by atoms with Crippen molar-refractivity contribution in [2.45, 2.75) is 58.4 Å². The van der Waals surface area contributed by atoms with E-state index in [9.17, 15) is 4.79 Å². The zero-order chi connectivity index (χ0) is 18.9. The van der Waals surface area contributed by atoms with Crippen molar-refractivity contribution >= 4 is 29.2 Å². The molecule has 0 aromatic heterocycles. The molecule has 1 aliphatic carbocycles. The normalized spacial score (nSPS) is 20.6. The molecule has 1 aliphatic rings. The Morgan fingerprint density at radius 1 is 1.31 bits per heavy atom. The van der Waals surface area contributed by atoms with E-state index >= 15 is 0 Å². The number of aliphatic carboxylic acids is 1. The van der Waals surface area contributed by atoms with Gasteiger partial charge in [0.25, 0.3) is 0 Å². The van der Waals surface area contributed by atoms with Crippen LogP contribution in [0.3, 0.4) is 0 Å². The monoisotopic (exact) mass is 397 g/mol. The number of rotatable bonds is 9. The minimum atomic E-state index is -0.714. The molecule has 0 spiro atoms. The van der Waals surface area contributed by atoms with Gasteiger partial charge in [-0.1, -0.05) is 48.2 Å². The summed E-state index contributed by atoms with van der Waals surface area (Å²) in [5, 5.41) is 13.7. The van der Waals surface area contributed by atoms with Crippen LogP contribution in [0, 0.1) is 18.8 Å². The molecule has 0 radical (unpaired) electrons. The number of benzene rings is 1. The number of halogens is 2. The number of hydrogen-bond acceptors (Lipinski definition) is 2. The number of hydrogen-bond donors (Lipinski definition) is 2. The van der Waals surface area contributed by atoms with Crippen molar-refractivity contribution in [2.75, 3.05) is 6.54 Å². The highest BCUT2D eigenvalue weighted by Gasteiger charge is 2.22. The van der Waals surface area contributed by atoms with E-state index in [2.05, 4.69) is 17.5 Å². The van der Waals surface area contributed by atoms with Crippen LogP contribution < -0.4 is 5.32 Å². The summed E-state index contributed by atoms with van der Waals surface area (Å²) in [6.07, 6.45) is 11.3. The van der Waals surface area contributed by atoms with Gasteiger partial charge in [-0.2, -0.15) is 0 Å². The second-order valence-electron chi connectivity index (χ2n) is 7.24. The Morgan fingerprint density at radius 2 is 2.08 bits per heavy atom. The molecule has 0 aliphatic heterocycles. The smallest absolute Gasteiger partial charge is 0.303 e. The summed E-state index contributed by atoms with van der Waals surface area (Å²) >= 11 is 12.4. The van der Waals surface area contributed by atoms with Crippen LogP contribution in [0.5, 0.6) is 0 Å². The Hall–Kier alpha value is -1.03. The van der Waals surface area contributed by atoms with Gasteiger partial charge in [-0.3, -0.25) is 4.79 Å². The maximum absolute atomic E-state index is 10.6. The standard InChI is InChI=1S/C21H29Cl2NO2/c1-15-11-18(22)12-20(23)19(15)14-24-13-17-9-6-5-8-16(17)7-3-2-4-10-21(25)26/h3,7,11-12,16-17,24H,2,4-6,8-10,13-14H2,1H3,(H,25,26)/b7-3-/t16-,17+/m0/s1. The predicted octanol–water partition coefficient (Wildman–Crippen LogP) is 6.01. The Balaban J connectivity index is 1.82. The van der Waals surface area contributed by atoms with Gasteiger partial charge in [0.1, 0.15) is 0 Å². The van der Waals surface area contributed by atoms with Gasteiger partial charge in [-0.25, -0.2) is 0 Å². The number of allylic oxidation sites excluding steroid dienone is 2. The summed E-state index contributed by atoms with van der Waals surface area (Å²) in [5.74, 6) is 0.503. The highest BCUT2D eigenvalue weighted by Crippen LogP contribution is 2.31. The number of unbranched alkanes of at least 4 members (excludes halogenated alkanes) is 1. The molecule has 1 aromatic rings. The molecule has 0 heterocycles. The Labute approximate surface area is 166 Å². The Kier molecular flexibility index (Phi) is 8.97. The van der Waals surface area contributed by atoms with E-state index in [0.717, 1.165) is 42.1 Å². The third-order valence-corrected chi connectivity index (χ3v) is 5.76. The molecule has 26 heavy (non-hydrogen) atoms. The van der Waals surface area contributed by atoms with E-state index in [1.54, 1.807) is 6.07 Å². The van der Waals surface area contributed by atoms with E-state index in [-0.39, 0.29) is 6.42 Å². The fraction of sp³-hybridized carbons (Fsp3) is 0.571. The number of carbonyl (C=O) groups is 1. The maximum atomic E-state index is 10.6. The highest BCUT2D eigenvalue weighted by molar-refractivity contribution is 6.35. The number of nitrogens with one attached hydrogen (secondary N) is 1. The lowest BCUT2D eigenvalue weighted by atomic mass is 9.79. The largest absolute Gasteiger partial charge is 0.481 e. The second-order valence-corrected chi connectivity index (χ2v) is 8.08. The molecular weight excluding hydrogens is 369 g/mol. The molecule has 1 fully saturated rings. The number of carboxylic acid groups (broad SMARTS) is 1. The van der Waals surface area contributed by atoms with Gasteiger partial charge in [0.05, 0.1) is 0 Å². The van der Waals surface area contributed by atoms with E-state index in [4.69, 9.17) is 28.3 Å². The average molecular weight is 398 g/mol. The summed E-state index contributed by atoms with van der Waals surface area (Å²) in [6, 6.07) is 3.75. The lowest BCUT2D eigenvalue weighted by Crippen LogP contribution is -2.29. The van der Waals surface area contributed by atoms with Crippen LogP contribution in [-0.4, -0.2) is 17.6 Å². The van der Waals surface area contributed by atoms with Gasteiger partial charge in [0, 0.05) is 23.0 Å². The van der Waals surface area contributed by atoms with Crippen molar-refractivity contribution in [3.8, 4) is 0 Å². The Bertz CT molecular complexity index is 607. The SMILES string of the molecule is Cc1cc(Cl)cc(Cl)c1CNC[C@H]1CCCC[C@@H]1/C=C\CCCC(=O)O. The van der Waals surface area contributed by atoms with Crippen LogP contribution in [0.15, 0.2) is 24.3 Å². The van der Waals surface area contributed by atoms with Crippen molar-refractivity contribution in [1.82, 2.24) is 5.32 Å². The van der Waals surface area contributed by atoms with Crippen molar-refractivity contribution in [3.05, 3.63) is 45.5 Å². The van der Waals surface area contributed by atoms with Crippen LogP contribution in [0.1, 0.15) is 56.1 Å². The molecule has 0 bridgehead atoms. The first-order valence-corrected chi connectivity index (χ1v) is 10.3. The van der Waals surface area contributed by atoms with Gasteiger partial charge in [0.15, 0.2) is 0 Å². The quantitative estimate of drug-likeness (QED) is 0.396. The summed E-state index contributed by atoms with van der Waals surface area (Å²) in [4.78, 5) is 10.6. The van der Waals surface area contributed by atoms with E-state index in [1.165, 1.54) is 25.7 Å². The third-order valence-electron chi connectivity index (χ3n) is 5.20. The summed E-state index contributed by atoms with van der Waals surface area (Å²) in [5.41, 5.74) is 2.24.